The number of ether oxygens (including phenoxy) is 2. The van der Waals surface area contributed by atoms with Crippen molar-refractivity contribution >= 4 is 17.8 Å². The number of furan rings is 1. The van der Waals surface area contributed by atoms with Gasteiger partial charge in [0.15, 0.2) is 6.61 Å². The van der Waals surface area contributed by atoms with Crippen molar-refractivity contribution in [1.29, 1.82) is 0 Å². The van der Waals surface area contributed by atoms with Crippen LogP contribution in [0.3, 0.4) is 0 Å². The highest BCUT2D eigenvalue weighted by molar-refractivity contribution is 6.03. The van der Waals surface area contributed by atoms with Crippen LogP contribution in [0.5, 0.6) is 0 Å². The van der Waals surface area contributed by atoms with E-state index in [4.69, 9.17) is 9.15 Å². The van der Waals surface area contributed by atoms with E-state index < -0.39 is 24.5 Å². The molecule has 2 aromatic rings. The molecule has 7 heteroatoms. The van der Waals surface area contributed by atoms with Crippen molar-refractivity contribution < 1.29 is 28.3 Å². The van der Waals surface area contributed by atoms with Crippen LogP contribution in [0.2, 0.25) is 0 Å². The fraction of sp³-hybridized carbons (Fsp3) is 0.235. The molecule has 0 spiro atoms. The summed E-state index contributed by atoms with van der Waals surface area (Å²) in [5.41, 5.74) is 0.132. The fourth-order valence-corrected chi connectivity index (χ4v) is 1.99. The average Bonchev–Trinajstić information content (AvgIpc) is 3.11. The summed E-state index contributed by atoms with van der Waals surface area (Å²) in [4.78, 5) is 37.1. The molecule has 0 aliphatic rings. The molecule has 1 aromatic heterocycles. The van der Waals surface area contributed by atoms with E-state index in [-0.39, 0.29) is 17.7 Å². The van der Waals surface area contributed by atoms with E-state index in [1.54, 1.807) is 31.3 Å². The third-order valence-corrected chi connectivity index (χ3v) is 3.28. The number of nitrogens with zero attached hydrogens (tertiary/aromatic N) is 1. The van der Waals surface area contributed by atoms with E-state index >= 15 is 0 Å². The lowest BCUT2D eigenvalue weighted by Gasteiger charge is -2.16. The predicted molar refractivity (Wildman–Crippen MR) is 83.2 cm³/mol. The van der Waals surface area contributed by atoms with Gasteiger partial charge in [-0.15, -0.1) is 0 Å². The zero-order valence-electron chi connectivity index (χ0n) is 13.4. The van der Waals surface area contributed by atoms with Crippen LogP contribution < -0.4 is 0 Å². The van der Waals surface area contributed by atoms with Crippen LogP contribution in [0.4, 0.5) is 0 Å². The van der Waals surface area contributed by atoms with Gasteiger partial charge in [-0.2, -0.15) is 0 Å². The third kappa shape index (κ3) is 4.22. The highest BCUT2D eigenvalue weighted by atomic mass is 16.5. The number of methoxy groups -OCH3 is 1. The van der Waals surface area contributed by atoms with Gasteiger partial charge in [0.05, 0.1) is 31.0 Å². The van der Waals surface area contributed by atoms with E-state index in [0.29, 0.717) is 5.76 Å². The maximum absolute atomic E-state index is 12.1. The van der Waals surface area contributed by atoms with Gasteiger partial charge in [-0.05, 0) is 24.3 Å². The average molecular weight is 331 g/mol. The van der Waals surface area contributed by atoms with Crippen LogP contribution in [0.1, 0.15) is 26.5 Å². The first kappa shape index (κ1) is 17.3. The van der Waals surface area contributed by atoms with Gasteiger partial charge in [0, 0.05) is 7.05 Å². The molecule has 0 bridgehead atoms. The number of rotatable bonds is 6. The van der Waals surface area contributed by atoms with Gasteiger partial charge in [-0.25, -0.2) is 9.59 Å². The molecule has 0 fully saturated rings. The molecule has 1 amide bonds. The second kappa shape index (κ2) is 7.96. The van der Waals surface area contributed by atoms with Crippen LogP contribution in [-0.2, 0) is 20.8 Å². The van der Waals surface area contributed by atoms with Crippen molar-refractivity contribution in [3.8, 4) is 0 Å². The largest absolute Gasteiger partial charge is 0.467 e. The minimum atomic E-state index is -0.768. The molecule has 0 N–H and O–H groups in total. The van der Waals surface area contributed by atoms with Crippen molar-refractivity contribution in [3.63, 3.8) is 0 Å². The van der Waals surface area contributed by atoms with E-state index in [1.807, 2.05) is 0 Å². The number of benzene rings is 1. The molecule has 2 rings (SSSR count). The first-order valence-corrected chi connectivity index (χ1v) is 7.13. The molecule has 126 valence electrons. The summed E-state index contributed by atoms with van der Waals surface area (Å²) in [5.74, 6) is -1.19. The van der Waals surface area contributed by atoms with Crippen LogP contribution in [-0.4, -0.2) is 43.5 Å². The molecule has 0 atom stereocenters. The monoisotopic (exact) mass is 331 g/mol. The Balaban J connectivity index is 1.95. The minimum Gasteiger partial charge on any atom is -0.467 e. The van der Waals surface area contributed by atoms with Crippen molar-refractivity contribution in [2.45, 2.75) is 6.54 Å². The lowest BCUT2D eigenvalue weighted by molar-refractivity contribution is -0.133. The zero-order chi connectivity index (χ0) is 17.5. The SMILES string of the molecule is COC(=O)c1ccccc1C(=O)OCC(=O)N(C)Cc1ccco1. The molecule has 0 unspecified atom stereocenters. The Labute approximate surface area is 138 Å². The quantitative estimate of drug-likeness (QED) is 0.751. The van der Waals surface area contributed by atoms with E-state index in [1.165, 1.54) is 30.4 Å². The van der Waals surface area contributed by atoms with Gasteiger partial charge in [0.2, 0.25) is 0 Å². The van der Waals surface area contributed by atoms with E-state index in [0.717, 1.165) is 0 Å². The summed E-state index contributed by atoms with van der Waals surface area (Å²) >= 11 is 0. The Morgan fingerprint density at radius 1 is 1.04 bits per heavy atom. The number of carbonyl (C=O) groups excluding carboxylic acids is 3. The Bertz CT molecular complexity index is 722. The number of hydrogen-bond acceptors (Lipinski definition) is 6. The van der Waals surface area contributed by atoms with Crippen LogP contribution >= 0.6 is 0 Å². The Hall–Kier alpha value is -3.09. The lowest BCUT2D eigenvalue weighted by atomic mass is 10.1. The van der Waals surface area contributed by atoms with Crippen LogP contribution in [0.25, 0.3) is 0 Å². The fourth-order valence-electron chi connectivity index (χ4n) is 1.99. The second-order valence-electron chi connectivity index (χ2n) is 4.94. The molecule has 1 heterocycles. The van der Waals surface area contributed by atoms with Gasteiger partial charge < -0.3 is 18.8 Å². The maximum Gasteiger partial charge on any atom is 0.339 e. The molecule has 0 saturated heterocycles. The van der Waals surface area contributed by atoms with Gasteiger partial charge in [-0.1, -0.05) is 12.1 Å². The third-order valence-electron chi connectivity index (χ3n) is 3.28. The Kier molecular flexibility index (Phi) is 5.73. The predicted octanol–water partition coefficient (Wildman–Crippen LogP) is 1.88. The number of esters is 2. The zero-order valence-corrected chi connectivity index (χ0v) is 13.4. The van der Waals surface area contributed by atoms with Gasteiger partial charge in [0.25, 0.3) is 5.91 Å². The van der Waals surface area contributed by atoms with Crippen molar-refractivity contribution in [2.24, 2.45) is 0 Å². The number of hydrogen-bond donors (Lipinski definition) is 0. The summed E-state index contributed by atoms with van der Waals surface area (Å²) in [6, 6.07) is 9.54. The highest BCUT2D eigenvalue weighted by Gasteiger charge is 2.20. The normalized spacial score (nSPS) is 10.1. The summed E-state index contributed by atoms with van der Waals surface area (Å²) in [5, 5.41) is 0. The van der Waals surface area contributed by atoms with Crippen LogP contribution in [0.15, 0.2) is 47.1 Å². The summed E-state index contributed by atoms with van der Waals surface area (Å²) < 4.78 is 14.8. The topological polar surface area (TPSA) is 86.1 Å². The van der Waals surface area contributed by atoms with Gasteiger partial charge >= 0.3 is 11.9 Å². The van der Waals surface area contributed by atoms with Gasteiger partial charge in [-0.3, -0.25) is 4.79 Å². The first-order valence-electron chi connectivity index (χ1n) is 7.13. The molecule has 0 aliphatic carbocycles. The minimum absolute atomic E-state index is 0.0471. The lowest BCUT2D eigenvalue weighted by Crippen LogP contribution is -2.30. The molecule has 7 nitrogen and oxygen atoms in total. The molecule has 24 heavy (non-hydrogen) atoms. The van der Waals surface area contributed by atoms with E-state index in [9.17, 15) is 14.4 Å². The molecular weight excluding hydrogens is 314 g/mol. The molecule has 0 saturated carbocycles. The standard InChI is InChI=1S/C17H17NO6/c1-18(10-12-6-5-9-23-12)15(19)11-24-17(21)14-8-4-3-7-13(14)16(20)22-2/h3-9H,10-11H2,1-2H3. The smallest absolute Gasteiger partial charge is 0.339 e. The first-order chi connectivity index (χ1) is 11.5. The molecular formula is C17H17NO6. The van der Waals surface area contributed by atoms with Gasteiger partial charge in [0.1, 0.15) is 5.76 Å². The van der Waals surface area contributed by atoms with Crippen molar-refractivity contribution in [1.82, 2.24) is 4.90 Å². The van der Waals surface area contributed by atoms with E-state index in [2.05, 4.69) is 4.74 Å². The number of carbonyl (C=O) groups is 3. The number of amides is 1. The molecule has 0 aliphatic heterocycles. The highest BCUT2D eigenvalue weighted by Crippen LogP contribution is 2.12. The number of likely N-dealkylation sites (N-methyl/N-ethyl adjacent to an activating group) is 1. The van der Waals surface area contributed by atoms with Crippen molar-refractivity contribution in [2.75, 3.05) is 20.8 Å². The van der Waals surface area contributed by atoms with Crippen LogP contribution in [0, 0.1) is 0 Å². The summed E-state index contributed by atoms with van der Waals surface area (Å²) in [6.45, 7) is -0.173. The summed E-state index contributed by atoms with van der Waals surface area (Å²) in [6.07, 6.45) is 1.51. The Morgan fingerprint density at radius 3 is 2.29 bits per heavy atom. The maximum atomic E-state index is 12.1. The second-order valence-corrected chi connectivity index (χ2v) is 4.94. The summed E-state index contributed by atoms with van der Waals surface area (Å²) in [7, 11) is 2.79. The molecule has 0 radical (unpaired) electrons. The molecule has 1 aromatic carbocycles. The Morgan fingerprint density at radius 2 is 1.71 bits per heavy atom. The van der Waals surface area contributed by atoms with Crippen molar-refractivity contribution in [3.05, 3.63) is 59.5 Å².